The highest BCUT2D eigenvalue weighted by molar-refractivity contribution is 5.92. The van der Waals surface area contributed by atoms with Crippen molar-refractivity contribution in [2.45, 2.75) is 19.8 Å². The van der Waals surface area contributed by atoms with Gasteiger partial charge < -0.3 is 14.1 Å². The van der Waals surface area contributed by atoms with E-state index in [4.69, 9.17) is 9.52 Å². The largest absolute Gasteiger partial charge is 0.477 e. The van der Waals surface area contributed by atoms with Crippen LogP contribution in [0.15, 0.2) is 16.5 Å². The predicted octanol–water partition coefficient (Wildman–Crippen LogP) is 2.59. The average Bonchev–Trinajstić information content (AvgIpc) is 2.65. The van der Waals surface area contributed by atoms with Gasteiger partial charge in [-0.15, -0.1) is 0 Å². The Kier molecular flexibility index (Phi) is 2.07. The molecule has 0 unspecified atom stereocenters. The average molecular weight is 207 g/mol. The van der Waals surface area contributed by atoms with Gasteiger partial charge in [-0.05, 0) is 0 Å². The summed E-state index contributed by atoms with van der Waals surface area (Å²) < 4.78 is 7.19. The second-order valence-corrected chi connectivity index (χ2v) is 3.95. The molecule has 80 valence electrons. The van der Waals surface area contributed by atoms with Crippen molar-refractivity contribution in [1.82, 2.24) is 4.57 Å². The van der Waals surface area contributed by atoms with Crippen LogP contribution in [0.2, 0.25) is 0 Å². The third-order valence-corrected chi connectivity index (χ3v) is 2.54. The molecular weight excluding hydrogens is 194 g/mol. The highest BCUT2D eigenvalue weighted by Crippen LogP contribution is 2.27. The zero-order valence-corrected chi connectivity index (χ0v) is 8.94. The molecule has 0 bridgehead atoms. The first-order valence-electron chi connectivity index (χ1n) is 4.83. The lowest BCUT2D eigenvalue weighted by atomic mass is 10.2. The number of hydrogen-bond donors (Lipinski definition) is 1. The topological polar surface area (TPSA) is 55.4 Å². The molecular formula is C11H13NO3. The normalized spacial score (nSPS) is 11.5. The van der Waals surface area contributed by atoms with E-state index in [9.17, 15) is 4.79 Å². The number of fused-ring (bicyclic) bond motifs is 1. The van der Waals surface area contributed by atoms with E-state index in [2.05, 4.69) is 0 Å². The summed E-state index contributed by atoms with van der Waals surface area (Å²) in [6.45, 7) is 4.08. The lowest BCUT2D eigenvalue weighted by molar-refractivity contribution is 0.0687. The summed E-state index contributed by atoms with van der Waals surface area (Å²) in [6, 6.07) is 3.45. The van der Waals surface area contributed by atoms with Gasteiger partial charge in [0.25, 0.3) is 0 Å². The smallest absolute Gasteiger partial charge is 0.352 e. The molecule has 2 aromatic rings. The molecule has 0 aliphatic heterocycles. The van der Waals surface area contributed by atoms with E-state index in [1.165, 1.54) is 0 Å². The number of carboxylic acid groups (broad SMARTS) is 1. The summed E-state index contributed by atoms with van der Waals surface area (Å²) >= 11 is 0. The van der Waals surface area contributed by atoms with E-state index in [0.717, 1.165) is 11.3 Å². The maximum Gasteiger partial charge on any atom is 0.352 e. The van der Waals surface area contributed by atoms with Crippen molar-refractivity contribution >= 4 is 17.1 Å². The number of carboxylic acids is 1. The zero-order valence-electron chi connectivity index (χ0n) is 8.94. The Balaban J connectivity index is 2.62. The first-order valence-corrected chi connectivity index (χ1v) is 4.83. The maximum absolute atomic E-state index is 10.8. The minimum atomic E-state index is -0.935. The van der Waals surface area contributed by atoms with Crippen LogP contribution in [0.1, 0.15) is 36.0 Å². The molecule has 0 radical (unpaired) electrons. The molecule has 1 N–H and O–H groups in total. The quantitative estimate of drug-likeness (QED) is 0.823. The third-order valence-electron chi connectivity index (χ3n) is 2.54. The van der Waals surface area contributed by atoms with E-state index in [0.29, 0.717) is 11.5 Å². The molecule has 0 atom stereocenters. The van der Waals surface area contributed by atoms with Crippen molar-refractivity contribution in [2.75, 3.05) is 0 Å². The summed E-state index contributed by atoms with van der Waals surface area (Å²) in [5, 5.41) is 8.90. The first-order chi connectivity index (χ1) is 7.00. The molecule has 0 saturated heterocycles. The Hall–Kier alpha value is -1.71. The van der Waals surface area contributed by atoms with Crippen LogP contribution in [0, 0.1) is 0 Å². The monoisotopic (exact) mass is 207 g/mol. The predicted molar refractivity (Wildman–Crippen MR) is 56.2 cm³/mol. The highest BCUT2D eigenvalue weighted by atomic mass is 16.4. The van der Waals surface area contributed by atoms with Crippen molar-refractivity contribution in [3.8, 4) is 0 Å². The minimum Gasteiger partial charge on any atom is -0.477 e. The second kappa shape index (κ2) is 3.15. The van der Waals surface area contributed by atoms with Crippen molar-refractivity contribution in [1.29, 1.82) is 0 Å². The Morgan fingerprint density at radius 2 is 2.13 bits per heavy atom. The lowest BCUT2D eigenvalue weighted by Gasteiger charge is -1.98. The summed E-state index contributed by atoms with van der Waals surface area (Å²) in [6.07, 6.45) is 0. The van der Waals surface area contributed by atoms with E-state index in [1.807, 2.05) is 19.9 Å². The van der Waals surface area contributed by atoms with Gasteiger partial charge in [-0.1, -0.05) is 13.8 Å². The van der Waals surface area contributed by atoms with Crippen LogP contribution in [-0.4, -0.2) is 15.6 Å². The van der Waals surface area contributed by atoms with Crippen LogP contribution in [0.25, 0.3) is 11.1 Å². The van der Waals surface area contributed by atoms with Crippen LogP contribution in [0.3, 0.4) is 0 Å². The van der Waals surface area contributed by atoms with Crippen molar-refractivity contribution in [2.24, 2.45) is 7.05 Å². The van der Waals surface area contributed by atoms with Crippen molar-refractivity contribution in [3.05, 3.63) is 23.6 Å². The highest BCUT2D eigenvalue weighted by Gasteiger charge is 2.16. The van der Waals surface area contributed by atoms with Crippen molar-refractivity contribution < 1.29 is 14.3 Å². The van der Waals surface area contributed by atoms with Gasteiger partial charge >= 0.3 is 5.97 Å². The molecule has 0 fully saturated rings. The molecule has 0 aromatic carbocycles. The van der Waals surface area contributed by atoms with Crippen molar-refractivity contribution in [3.63, 3.8) is 0 Å². The zero-order chi connectivity index (χ0) is 11.2. The summed E-state index contributed by atoms with van der Waals surface area (Å²) in [5.74, 6) is 0.258. The number of rotatable bonds is 2. The van der Waals surface area contributed by atoms with Crippen LogP contribution < -0.4 is 0 Å². The lowest BCUT2D eigenvalue weighted by Crippen LogP contribution is -2.03. The van der Waals surface area contributed by atoms with Gasteiger partial charge in [0.05, 0.1) is 5.52 Å². The van der Waals surface area contributed by atoms with Gasteiger partial charge in [0.2, 0.25) is 0 Å². The molecule has 2 heterocycles. The second-order valence-electron chi connectivity index (χ2n) is 3.95. The summed E-state index contributed by atoms with van der Waals surface area (Å²) in [4.78, 5) is 10.8. The van der Waals surface area contributed by atoms with Gasteiger partial charge in [0.1, 0.15) is 11.5 Å². The van der Waals surface area contributed by atoms with E-state index < -0.39 is 5.97 Å². The number of aromatic nitrogens is 1. The number of hydrogen-bond acceptors (Lipinski definition) is 2. The van der Waals surface area contributed by atoms with Crippen LogP contribution in [0.5, 0.6) is 0 Å². The van der Waals surface area contributed by atoms with Gasteiger partial charge in [-0.2, -0.15) is 0 Å². The molecule has 0 aliphatic carbocycles. The summed E-state index contributed by atoms with van der Waals surface area (Å²) in [5.41, 5.74) is 1.72. The fraction of sp³-hybridized carbons (Fsp3) is 0.364. The van der Waals surface area contributed by atoms with Gasteiger partial charge in [0.15, 0.2) is 5.58 Å². The number of nitrogens with zero attached hydrogens (tertiary/aromatic N) is 1. The van der Waals surface area contributed by atoms with Gasteiger partial charge in [-0.25, -0.2) is 4.79 Å². The molecule has 0 spiro atoms. The molecule has 0 saturated carbocycles. The first kappa shape index (κ1) is 9.83. The van der Waals surface area contributed by atoms with Crippen LogP contribution in [-0.2, 0) is 7.05 Å². The Morgan fingerprint density at radius 3 is 2.60 bits per heavy atom. The fourth-order valence-corrected chi connectivity index (χ4v) is 1.62. The Bertz CT molecular complexity index is 519. The van der Waals surface area contributed by atoms with E-state index in [1.54, 1.807) is 17.7 Å². The molecule has 0 aliphatic rings. The number of aromatic carboxylic acids is 1. The Morgan fingerprint density at radius 1 is 1.47 bits per heavy atom. The minimum absolute atomic E-state index is 0.249. The number of aryl methyl sites for hydroxylation is 1. The molecule has 2 rings (SSSR count). The summed E-state index contributed by atoms with van der Waals surface area (Å²) in [7, 11) is 1.73. The fourth-order valence-electron chi connectivity index (χ4n) is 1.62. The molecule has 4 nitrogen and oxygen atoms in total. The van der Waals surface area contributed by atoms with Crippen LogP contribution >= 0.6 is 0 Å². The molecule has 4 heteroatoms. The molecule has 2 aromatic heterocycles. The number of furan rings is 1. The van der Waals surface area contributed by atoms with Gasteiger partial charge in [0, 0.05) is 25.1 Å². The SMILES string of the molecule is CC(C)c1cc2c(cc(C(=O)O)n2C)o1. The standard InChI is InChI=1S/C11H13NO3/c1-6(2)9-4-7-10(15-9)5-8(11(13)14)12(7)3/h4-6H,1-3H3,(H,13,14). The number of carbonyl (C=O) groups is 1. The molecule has 15 heavy (non-hydrogen) atoms. The van der Waals surface area contributed by atoms with E-state index in [-0.39, 0.29) is 5.69 Å². The van der Waals surface area contributed by atoms with Crippen LogP contribution in [0.4, 0.5) is 0 Å². The third kappa shape index (κ3) is 1.42. The van der Waals surface area contributed by atoms with Gasteiger partial charge in [-0.3, -0.25) is 0 Å². The maximum atomic E-state index is 10.8. The molecule has 0 amide bonds. The Labute approximate surface area is 87.1 Å². The van der Waals surface area contributed by atoms with E-state index >= 15 is 0 Å².